The number of halogens is 1. The number of para-hydroxylation sites is 1. The van der Waals surface area contributed by atoms with E-state index in [0.717, 1.165) is 12.5 Å². The molecule has 1 aromatic heterocycles. The fourth-order valence-corrected chi connectivity index (χ4v) is 4.44. The maximum atomic E-state index is 12.8. The lowest BCUT2D eigenvalue weighted by Gasteiger charge is -2.16. The molecule has 1 atom stereocenters. The molecule has 0 aliphatic rings. The molecule has 29 heavy (non-hydrogen) atoms. The van der Waals surface area contributed by atoms with E-state index in [0.29, 0.717) is 36.8 Å². The Labute approximate surface area is 177 Å². The van der Waals surface area contributed by atoms with Crippen LogP contribution in [0.4, 0.5) is 5.69 Å². The van der Waals surface area contributed by atoms with Crippen molar-refractivity contribution in [3.63, 3.8) is 0 Å². The van der Waals surface area contributed by atoms with Crippen LogP contribution in [0.25, 0.3) is 0 Å². The van der Waals surface area contributed by atoms with Gasteiger partial charge in [0.2, 0.25) is 15.9 Å². The number of oxazole rings is 1. The minimum absolute atomic E-state index is 0.156. The number of ketones is 1. The Morgan fingerprint density at radius 3 is 2.66 bits per heavy atom. The molecule has 0 saturated heterocycles. The van der Waals surface area contributed by atoms with Crippen molar-refractivity contribution < 1.29 is 22.6 Å². The van der Waals surface area contributed by atoms with E-state index in [1.54, 1.807) is 0 Å². The molecule has 0 fully saturated rings. The van der Waals surface area contributed by atoms with E-state index in [1.165, 1.54) is 24.4 Å². The van der Waals surface area contributed by atoms with Gasteiger partial charge in [0.1, 0.15) is 5.78 Å². The van der Waals surface area contributed by atoms with Gasteiger partial charge in [0.05, 0.1) is 17.2 Å². The van der Waals surface area contributed by atoms with Crippen LogP contribution in [0, 0.1) is 10.1 Å². The summed E-state index contributed by atoms with van der Waals surface area (Å²) in [5.41, 5.74) is -0.509. The summed E-state index contributed by atoms with van der Waals surface area (Å²) in [4.78, 5) is 25.5. The number of nitrogens with one attached hydrogen (secondary N) is 1. The van der Waals surface area contributed by atoms with Gasteiger partial charge in [-0.3, -0.25) is 14.9 Å². The molecule has 0 aliphatic carbocycles. The molecule has 2 aromatic rings. The van der Waals surface area contributed by atoms with Gasteiger partial charge in [-0.2, -0.15) is 4.72 Å². The number of hydrogen-bond donors (Lipinski definition) is 1. The van der Waals surface area contributed by atoms with Gasteiger partial charge in [-0.05, 0) is 34.8 Å². The second-order valence-electron chi connectivity index (χ2n) is 6.39. The zero-order valence-electron chi connectivity index (χ0n) is 15.8. The van der Waals surface area contributed by atoms with Crippen molar-refractivity contribution in [1.82, 2.24) is 9.71 Å². The molecule has 0 bridgehead atoms. The predicted octanol–water partition coefficient (Wildman–Crippen LogP) is 4.29. The summed E-state index contributed by atoms with van der Waals surface area (Å²) in [6, 6.07) is 4.34. The maximum absolute atomic E-state index is 12.8. The molecule has 1 heterocycles. The van der Waals surface area contributed by atoms with Gasteiger partial charge in [-0.1, -0.05) is 31.9 Å². The number of nitro benzene ring substituents is 1. The summed E-state index contributed by atoms with van der Waals surface area (Å²) in [6.07, 6.45) is 4.84. The van der Waals surface area contributed by atoms with Crippen LogP contribution in [-0.2, 0) is 14.8 Å². The van der Waals surface area contributed by atoms with Gasteiger partial charge in [0.15, 0.2) is 9.56 Å². The molecule has 158 valence electrons. The molecular weight excluding hydrogens is 466 g/mol. The Bertz CT molecular complexity index is 960. The first-order valence-electron chi connectivity index (χ1n) is 9.13. The number of carbonyl (C=O) groups excluding carboxylic acids is 1. The van der Waals surface area contributed by atoms with Crippen LogP contribution in [0.1, 0.15) is 57.4 Å². The molecule has 2 rings (SSSR count). The second kappa shape index (κ2) is 10.6. The molecule has 1 N–H and O–H groups in total. The largest absolute Gasteiger partial charge is 0.432 e. The first kappa shape index (κ1) is 23.2. The lowest BCUT2D eigenvalue weighted by atomic mass is 10.1. The third kappa shape index (κ3) is 6.72. The molecule has 1 aromatic carbocycles. The van der Waals surface area contributed by atoms with Crippen molar-refractivity contribution in [2.45, 2.75) is 56.4 Å². The summed E-state index contributed by atoms with van der Waals surface area (Å²) in [6.45, 7) is 1.82. The fraction of sp³-hybridized carbons (Fsp3) is 0.444. The molecule has 0 amide bonds. The van der Waals surface area contributed by atoms with Crippen molar-refractivity contribution in [2.24, 2.45) is 0 Å². The molecule has 0 radical (unpaired) electrons. The van der Waals surface area contributed by atoms with E-state index in [4.69, 9.17) is 4.42 Å². The molecule has 11 heteroatoms. The maximum Gasteiger partial charge on any atom is 0.289 e. The van der Waals surface area contributed by atoms with E-state index < -0.39 is 31.6 Å². The summed E-state index contributed by atoms with van der Waals surface area (Å²) in [5, 5.41) is 11.2. The highest BCUT2D eigenvalue weighted by Crippen LogP contribution is 2.28. The predicted molar refractivity (Wildman–Crippen MR) is 109 cm³/mol. The fourth-order valence-electron chi connectivity index (χ4n) is 2.77. The number of nitrogens with zero attached hydrogens (tertiary/aromatic N) is 2. The van der Waals surface area contributed by atoms with E-state index >= 15 is 0 Å². The van der Waals surface area contributed by atoms with Gasteiger partial charge in [-0.15, -0.1) is 0 Å². The molecule has 9 nitrogen and oxygen atoms in total. The summed E-state index contributed by atoms with van der Waals surface area (Å²) >= 11 is 3.14. The van der Waals surface area contributed by atoms with E-state index in [9.17, 15) is 23.3 Å². The smallest absolute Gasteiger partial charge is 0.289 e. The van der Waals surface area contributed by atoms with Gasteiger partial charge < -0.3 is 4.42 Å². The van der Waals surface area contributed by atoms with E-state index in [1.807, 2.05) is 6.92 Å². The number of sulfonamides is 1. The minimum atomic E-state index is -4.20. The van der Waals surface area contributed by atoms with Crippen LogP contribution in [0.3, 0.4) is 0 Å². The summed E-state index contributed by atoms with van der Waals surface area (Å²) in [5.74, 6) is 0.346. The Morgan fingerprint density at radius 2 is 2.03 bits per heavy atom. The van der Waals surface area contributed by atoms with Crippen molar-refractivity contribution in [3.8, 4) is 0 Å². The van der Waals surface area contributed by atoms with E-state index in [-0.39, 0.29) is 11.7 Å². The average molecular weight is 488 g/mol. The van der Waals surface area contributed by atoms with Crippen LogP contribution >= 0.6 is 15.9 Å². The van der Waals surface area contributed by atoms with Crippen LogP contribution in [0.5, 0.6) is 0 Å². The average Bonchev–Trinajstić information content (AvgIpc) is 3.12. The first-order chi connectivity index (χ1) is 13.7. The molecule has 0 spiro atoms. The van der Waals surface area contributed by atoms with Crippen molar-refractivity contribution in [2.75, 3.05) is 0 Å². The zero-order valence-corrected chi connectivity index (χ0v) is 18.2. The third-order valence-corrected chi connectivity index (χ3v) is 6.17. The minimum Gasteiger partial charge on any atom is -0.432 e. The number of nitro groups is 1. The highest BCUT2D eigenvalue weighted by atomic mass is 79.9. The van der Waals surface area contributed by atoms with E-state index in [2.05, 4.69) is 25.6 Å². The molecule has 0 unspecified atom stereocenters. The Morgan fingerprint density at radius 1 is 1.31 bits per heavy atom. The Balaban J connectivity index is 2.15. The van der Waals surface area contributed by atoms with Crippen LogP contribution in [0.2, 0.25) is 0 Å². The number of carbonyl (C=O) groups is 1. The van der Waals surface area contributed by atoms with Crippen LogP contribution in [0.15, 0.2) is 44.4 Å². The highest BCUT2D eigenvalue weighted by Gasteiger charge is 2.30. The lowest BCUT2D eigenvalue weighted by molar-refractivity contribution is -0.387. The second-order valence-corrected chi connectivity index (χ2v) is 8.86. The zero-order chi connectivity index (χ0) is 21.4. The number of aromatic nitrogens is 1. The Kier molecular flexibility index (Phi) is 8.47. The number of benzene rings is 1. The van der Waals surface area contributed by atoms with Crippen LogP contribution in [-0.4, -0.2) is 24.1 Å². The third-order valence-electron chi connectivity index (χ3n) is 4.29. The monoisotopic (exact) mass is 487 g/mol. The Hall–Kier alpha value is -2.11. The standard InChI is InChI=1S/C18H22BrN3O6S/c1-2-13(23)8-4-3-5-9-14(18-20-12-17(19)28-18)21-29(26,27)16-11-7-6-10-15(16)22(24)25/h6-7,10-12,14,21H,2-5,8-9H2,1H3/t14-/m0/s1. The normalized spacial score (nSPS) is 12.6. The summed E-state index contributed by atoms with van der Waals surface area (Å²) in [7, 11) is -4.20. The SMILES string of the molecule is CCC(=O)CCCCC[C@H](NS(=O)(=O)c1ccccc1[N+](=O)[O-])c1ncc(Br)o1. The lowest BCUT2D eigenvalue weighted by Crippen LogP contribution is -2.29. The van der Waals surface area contributed by atoms with Crippen LogP contribution < -0.4 is 4.72 Å². The van der Waals surface area contributed by atoms with Crippen molar-refractivity contribution in [1.29, 1.82) is 0 Å². The molecular formula is C18H22BrN3O6S. The van der Waals surface area contributed by atoms with Gasteiger partial charge in [0.25, 0.3) is 5.69 Å². The quantitative estimate of drug-likeness (QED) is 0.268. The van der Waals surface area contributed by atoms with Gasteiger partial charge >= 0.3 is 0 Å². The first-order valence-corrected chi connectivity index (χ1v) is 11.4. The number of hydrogen-bond acceptors (Lipinski definition) is 7. The molecule has 0 saturated carbocycles. The number of Topliss-reactive ketones (excluding diaryl/α,β-unsaturated/α-hetero) is 1. The summed E-state index contributed by atoms with van der Waals surface area (Å²) < 4.78 is 33.9. The van der Waals surface area contributed by atoms with Crippen molar-refractivity contribution >= 4 is 37.4 Å². The highest BCUT2D eigenvalue weighted by molar-refractivity contribution is 9.10. The molecule has 0 aliphatic heterocycles. The topological polar surface area (TPSA) is 132 Å². The van der Waals surface area contributed by atoms with Crippen molar-refractivity contribution in [3.05, 3.63) is 51.1 Å². The number of rotatable bonds is 12. The number of unbranched alkanes of at least 4 members (excludes halogenated alkanes) is 2. The van der Waals surface area contributed by atoms with Gasteiger partial charge in [-0.25, -0.2) is 13.4 Å². The van der Waals surface area contributed by atoms with Gasteiger partial charge in [0, 0.05) is 18.9 Å².